The highest BCUT2D eigenvalue weighted by Gasteiger charge is 2.53. The van der Waals surface area contributed by atoms with Gasteiger partial charge in [-0.05, 0) is 33.6 Å². The van der Waals surface area contributed by atoms with E-state index in [2.05, 4.69) is 5.32 Å². The molecule has 5 heteroatoms. The third-order valence-corrected chi connectivity index (χ3v) is 3.69. The number of amides is 3. The summed E-state index contributed by atoms with van der Waals surface area (Å²) in [6, 6.07) is -0.264. The van der Waals surface area contributed by atoms with E-state index in [1.165, 1.54) is 0 Å². The van der Waals surface area contributed by atoms with E-state index in [-0.39, 0.29) is 17.5 Å². The molecule has 18 heavy (non-hydrogen) atoms. The predicted molar refractivity (Wildman–Crippen MR) is 67.1 cm³/mol. The topological polar surface area (TPSA) is 58.6 Å². The highest BCUT2D eigenvalue weighted by atomic mass is 16.5. The molecule has 0 aromatic heterocycles. The van der Waals surface area contributed by atoms with Gasteiger partial charge in [-0.15, -0.1) is 0 Å². The summed E-state index contributed by atoms with van der Waals surface area (Å²) in [5.41, 5.74) is -0.804. The molecule has 1 aliphatic heterocycles. The van der Waals surface area contributed by atoms with Gasteiger partial charge in [0.05, 0.1) is 12.2 Å². The molecule has 0 atom stereocenters. The minimum Gasteiger partial charge on any atom is -0.374 e. The van der Waals surface area contributed by atoms with Crippen molar-refractivity contribution < 1.29 is 14.3 Å². The van der Waals surface area contributed by atoms with E-state index in [0.29, 0.717) is 13.2 Å². The molecule has 0 aromatic rings. The highest BCUT2D eigenvalue weighted by Crippen LogP contribution is 2.38. The molecule has 102 valence electrons. The fraction of sp³-hybridized carbons (Fsp3) is 0.846. The van der Waals surface area contributed by atoms with Crippen LogP contribution >= 0.6 is 0 Å². The second-order valence-corrected chi connectivity index (χ2v) is 6.11. The Morgan fingerprint density at radius 2 is 1.89 bits per heavy atom. The Morgan fingerprint density at radius 1 is 1.28 bits per heavy atom. The Morgan fingerprint density at radius 3 is 2.44 bits per heavy atom. The molecule has 1 N–H and O–H groups in total. The van der Waals surface area contributed by atoms with Crippen molar-refractivity contribution in [3.05, 3.63) is 0 Å². The third-order valence-electron chi connectivity index (χ3n) is 3.69. The lowest BCUT2D eigenvalue weighted by molar-refractivity contribution is -0.126. The van der Waals surface area contributed by atoms with Crippen LogP contribution < -0.4 is 5.32 Å². The molecule has 1 saturated heterocycles. The van der Waals surface area contributed by atoms with Crippen molar-refractivity contribution in [2.75, 3.05) is 13.2 Å². The van der Waals surface area contributed by atoms with Gasteiger partial charge < -0.3 is 9.64 Å². The average Bonchev–Trinajstić information content (AvgIpc) is 2.79. The van der Waals surface area contributed by atoms with Crippen LogP contribution in [0.3, 0.4) is 0 Å². The molecule has 3 amide bonds. The van der Waals surface area contributed by atoms with Gasteiger partial charge in [0.1, 0.15) is 5.54 Å². The Kier molecular flexibility index (Phi) is 3.36. The van der Waals surface area contributed by atoms with Gasteiger partial charge in [0.15, 0.2) is 0 Å². The van der Waals surface area contributed by atoms with Crippen LogP contribution in [0.4, 0.5) is 4.79 Å². The van der Waals surface area contributed by atoms with Gasteiger partial charge in [-0.25, -0.2) is 4.79 Å². The number of urea groups is 1. The van der Waals surface area contributed by atoms with Gasteiger partial charge in [-0.1, -0.05) is 12.8 Å². The molecule has 2 aliphatic rings. The zero-order valence-electron chi connectivity index (χ0n) is 11.4. The molecule has 1 heterocycles. The van der Waals surface area contributed by atoms with E-state index in [9.17, 15) is 9.59 Å². The zero-order valence-corrected chi connectivity index (χ0v) is 11.4. The number of nitrogens with zero attached hydrogens (tertiary/aromatic N) is 1. The first-order valence-corrected chi connectivity index (χ1v) is 6.62. The predicted octanol–water partition coefficient (Wildman–Crippen LogP) is 1.67. The van der Waals surface area contributed by atoms with Crippen LogP contribution in [0.25, 0.3) is 0 Å². The number of imide groups is 1. The Labute approximate surface area is 108 Å². The first-order chi connectivity index (χ1) is 8.35. The van der Waals surface area contributed by atoms with Crippen LogP contribution in [0.15, 0.2) is 0 Å². The summed E-state index contributed by atoms with van der Waals surface area (Å²) >= 11 is 0. The first-order valence-electron chi connectivity index (χ1n) is 6.62. The molecule has 5 nitrogen and oxygen atoms in total. The van der Waals surface area contributed by atoms with E-state index < -0.39 is 5.54 Å². The molecule has 2 rings (SSSR count). The number of ether oxygens (including phenoxy) is 1. The molecule has 0 radical (unpaired) electrons. The van der Waals surface area contributed by atoms with E-state index in [1.54, 1.807) is 4.90 Å². The van der Waals surface area contributed by atoms with Crippen LogP contribution in [-0.2, 0) is 9.53 Å². The summed E-state index contributed by atoms with van der Waals surface area (Å²) < 4.78 is 5.64. The van der Waals surface area contributed by atoms with Crippen molar-refractivity contribution in [3.63, 3.8) is 0 Å². The van der Waals surface area contributed by atoms with E-state index in [4.69, 9.17) is 4.74 Å². The maximum atomic E-state index is 12.0. The van der Waals surface area contributed by atoms with Crippen molar-refractivity contribution in [1.29, 1.82) is 0 Å². The van der Waals surface area contributed by atoms with Crippen molar-refractivity contribution in [1.82, 2.24) is 10.2 Å². The Bertz CT molecular complexity index is 354. The summed E-state index contributed by atoms with van der Waals surface area (Å²) in [5.74, 6) is -0.124. The third kappa shape index (κ3) is 2.36. The maximum Gasteiger partial charge on any atom is 0.325 e. The number of nitrogens with one attached hydrogen (secondary N) is 1. The normalized spacial score (nSPS) is 22.9. The quantitative estimate of drug-likeness (QED) is 0.779. The van der Waals surface area contributed by atoms with E-state index in [0.717, 1.165) is 25.7 Å². The average molecular weight is 254 g/mol. The first kappa shape index (κ1) is 13.3. The monoisotopic (exact) mass is 254 g/mol. The molecule has 0 unspecified atom stereocenters. The van der Waals surface area contributed by atoms with Gasteiger partial charge >= 0.3 is 6.03 Å². The fourth-order valence-corrected chi connectivity index (χ4v) is 2.81. The van der Waals surface area contributed by atoms with Crippen LogP contribution in [0.2, 0.25) is 0 Å². The maximum absolute atomic E-state index is 12.0. The molecule has 1 spiro atoms. The smallest absolute Gasteiger partial charge is 0.325 e. The van der Waals surface area contributed by atoms with E-state index in [1.807, 2.05) is 20.8 Å². The lowest BCUT2D eigenvalue weighted by atomic mass is 9.96. The SMILES string of the molecule is CC(C)(C)OCCN1C(=O)NC(=O)C12CCCC2. The van der Waals surface area contributed by atoms with Crippen molar-refractivity contribution in [2.45, 2.75) is 57.6 Å². The summed E-state index contributed by atoms with van der Waals surface area (Å²) in [6.07, 6.45) is 3.58. The van der Waals surface area contributed by atoms with Crippen LogP contribution in [0.5, 0.6) is 0 Å². The number of hydrogen-bond donors (Lipinski definition) is 1. The summed E-state index contributed by atoms with van der Waals surface area (Å²) in [7, 11) is 0. The lowest BCUT2D eigenvalue weighted by Gasteiger charge is -2.32. The van der Waals surface area contributed by atoms with Gasteiger partial charge in [-0.2, -0.15) is 0 Å². The summed E-state index contributed by atoms with van der Waals surface area (Å²) in [4.78, 5) is 25.5. The fourth-order valence-electron chi connectivity index (χ4n) is 2.81. The Balaban J connectivity index is 2.01. The molecule has 1 aliphatic carbocycles. The van der Waals surface area contributed by atoms with Gasteiger partial charge in [0, 0.05) is 6.54 Å². The number of carbonyl (C=O) groups is 2. The van der Waals surface area contributed by atoms with Gasteiger partial charge in [-0.3, -0.25) is 10.1 Å². The standard InChI is InChI=1S/C13H22N2O3/c1-12(2,3)18-9-8-15-11(17)14-10(16)13(15)6-4-5-7-13/h4-9H2,1-3H3,(H,14,16,17). The zero-order chi connectivity index (χ0) is 13.4. The lowest BCUT2D eigenvalue weighted by Crippen LogP contribution is -2.49. The number of rotatable bonds is 3. The minimum atomic E-state index is -0.585. The molecule has 2 fully saturated rings. The van der Waals surface area contributed by atoms with Crippen molar-refractivity contribution in [2.24, 2.45) is 0 Å². The van der Waals surface area contributed by atoms with E-state index >= 15 is 0 Å². The molecule has 0 aromatic carbocycles. The summed E-state index contributed by atoms with van der Waals surface area (Å²) in [5, 5.41) is 2.44. The second-order valence-electron chi connectivity index (χ2n) is 6.11. The largest absolute Gasteiger partial charge is 0.374 e. The summed E-state index contributed by atoms with van der Waals surface area (Å²) in [6.45, 7) is 6.88. The molecular weight excluding hydrogens is 232 g/mol. The second kappa shape index (κ2) is 4.53. The highest BCUT2D eigenvalue weighted by molar-refractivity contribution is 6.07. The van der Waals surface area contributed by atoms with Gasteiger partial charge in [0.25, 0.3) is 5.91 Å². The van der Waals surface area contributed by atoms with Crippen LogP contribution in [-0.4, -0.2) is 41.1 Å². The Hall–Kier alpha value is -1.10. The van der Waals surface area contributed by atoms with Crippen LogP contribution in [0, 0.1) is 0 Å². The molecule has 0 bridgehead atoms. The minimum absolute atomic E-state index is 0.124. The molecular formula is C13H22N2O3. The van der Waals surface area contributed by atoms with Crippen molar-refractivity contribution >= 4 is 11.9 Å². The van der Waals surface area contributed by atoms with Crippen LogP contribution in [0.1, 0.15) is 46.5 Å². The number of hydrogen-bond acceptors (Lipinski definition) is 3. The van der Waals surface area contributed by atoms with Gasteiger partial charge in [0.2, 0.25) is 0 Å². The number of carbonyl (C=O) groups excluding carboxylic acids is 2. The molecule has 1 saturated carbocycles. The van der Waals surface area contributed by atoms with Crippen molar-refractivity contribution in [3.8, 4) is 0 Å².